The number of hydrogen-bond acceptors (Lipinski definition) is 4. The predicted octanol–water partition coefficient (Wildman–Crippen LogP) is 3.40. The van der Waals surface area contributed by atoms with Gasteiger partial charge in [0.2, 0.25) is 0 Å². The first-order valence-corrected chi connectivity index (χ1v) is 8.52. The van der Waals surface area contributed by atoms with Gasteiger partial charge in [0.25, 0.3) is 5.91 Å². The maximum absolute atomic E-state index is 12.0. The molecular formula is C21H21NO4. The average molecular weight is 351 g/mol. The fourth-order valence-corrected chi connectivity index (χ4v) is 2.76. The van der Waals surface area contributed by atoms with E-state index in [1.165, 1.54) is 11.6 Å². The molecule has 0 aliphatic rings. The van der Waals surface area contributed by atoms with E-state index in [9.17, 15) is 9.59 Å². The van der Waals surface area contributed by atoms with E-state index < -0.39 is 5.63 Å². The minimum Gasteiger partial charge on any atom is -0.484 e. The van der Waals surface area contributed by atoms with Crippen molar-refractivity contribution in [3.8, 4) is 5.75 Å². The van der Waals surface area contributed by atoms with Crippen molar-refractivity contribution in [2.75, 3.05) is 13.2 Å². The molecule has 1 heterocycles. The van der Waals surface area contributed by atoms with Gasteiger partial charge in [-0.05, 0) is 36.1 Å². The van der Waals surface area contributed by atoms with E-state index in [0.717, 1.165) is 10.9 Å². The average Bonchev–Trinajstić information content (AvgIpc) is 2.64. The summed E-state index contributed by atoms with van der Waals surface area (Å²) in [5.41, 5.74) is 2.06. The third-order valence-electron chi connectivity index (χ3n) is 4.27. The third kappa shape index (κ3) is 4.30. The van der Waals surface area contributed by atoms with Crippen LogP contribution in [0.4, 0.5) is 0 Å². The topological polar surface area (TPSA) is 68.5 Å². The Balaban J connectivity index is 1.56. The molecule has 1 amide bonds. The number of fused-ring (bicyclic) bond motifs is 1. The summed E-state index contributed by atoms with van der Waals surface area (Å²) in [5.74, 6) is 0.508. The Morgan fingerprint density at radius 3 is 2.69 bits per heavy atom. The van der Waals surface area contributed by atoms with Crippen molar-refractivity contribution in [1.82, 2.24) is 5.32 Å². The first-order valence-electron chi connectivity index (χ1n) is 8.52. The molecule has 5 nitrogen and oxygen atoms in total. The van der Waals surface area contributed by atoms with Crippen LogP contribution in [0.3, 0.4) is 0 Å². The van der Waals surface area contributed by atoms with E-state index >= 15 is 0 Å². The Bertz CT molecular complexity index is 963. The zero-order chi connectivity index (χ0) is 18.5. The highest BCUT2D eigenvalue weighted by atomic mass is 16.5. The Morgan fingerprint density at radius 1 is 1.15 bits per heavy atom. The summed E-state index contributed by atoms with van der Waals surface area (Å²) in [5, 5.41) is 3.71. The summed E-state index contributed by atoms with van der Waals surface area (Å²) in [6, 6.07) is 16.7. The zero-order valence-electron chi connectivity index (χ0n) is 14.8. The number of ether oxygens (including phenoxy) is 1. The van der Waals surface area contributed by atoms with Crippen LogP contribution in [-0.2, 0) is 4.79 Å². The highest BCUT2D eigenvalue weighted by Gasteiger charge is 2.09. The molecular weight excluding hydrogens is 330 g/mol. The van der Waals surface area contributed by atoms with Gasteiger partial charge in [-0.2, -0.15) is 0 Å². The fraction of sp³-hybridized carbons (Fsp3) is 0.238. The van der Waals surface area contributed by atoms with Crippen molar-refractivity contribution in [2.24, 2.45) is 0 Å². The quantitative estimate of drug-likeness (QED) is 0.691. The summed E-state index contributed by atoms with van der Waals surface area (Å²) in [4.78, 5) is 23.5. The van der Waals surface area contributed by atoms with E-state index in [0.29, 0.717) is 17.9 Å². The first kappa shape index (κ1) is 17.7. The molecule has 0 bridgehead atoms. The molecule has 1 aromatic heterocycles. The summed E-state index contributed by atoms with van der Waals surface area (Å²) < 4.78 is 10.7. The first-order chi connectivity index (χ1) is 12.5. The highest BCUT2D eigenvalue weighted by molar-refractivity contribution is 5.81. The molecule has 0 aliphatic heterocycles. The molecule has 0 spiro atoms. The van der Waals surface area contributed by atoms with Crippen LogP contribution in [0.15, 0.2) is 63.8 Å². The number of nitrogens with one attached hydrogen (secondary N) is 1. The molecule has 0 fully saturated rings. The highest BCUT2D eigenvalue weighted by Crippen LogP contribution is 2.22. The van der Waals surface area contributed by atoms with Gasteiger partial charge in [0.1, 0.15) is 11.3 Å². The molecule has 1 N–H and O–H groups in total. The third-order valence-corrected chi connectivity index (χ3v) is 4.27. The number of benzene rings is 2. The van der Waals surface area contributed by atoms with Crippen molar-refractivity contribution < 1.29 is 13.9 Å². The van der Waals surface area contributed by atoms with Gasteiger partial charge in [0.05, 0.1) is 0 Å². The van der Waals surface area contributed by atoms with E-state index in [2.05, 4.69) is 12.2 Å². The van der Waals surface area contributed by atoms with E-state index in [-0.39, 0.29) is 18.4 Å². The lowest BCUT2D eigenvalue weighted by atomic mass is 10.0. The van der Waals surface area contributed by atoms with Crippen molar-refractivity contribution in [3.63, 3.8) is 0 Å². The van der Waals surface area contributed by atoms with Gasteiger partial charge < -0.3 is 14.5 Å². The van der Waals surface area contributed by atoms with Crippen molar-refractivity contribution in [3.05, 3.63) is 76.1 Å². The van der Waals surface area contributed by atoms with Crippen LogP contribution in [-0.4, -0.2) is 19.1 Å². The number of amides is 1. The molecule has 2 aromatic carbocycles. The fourth-order valence-electron chi connectivity index (χ4n) is 2.76. The SMILES string of the molecule is Cc1cc(=O)oc2cc(OCC(=O)NCC(C)c3ccccc3)ccc12. The number of hydrogen-bond donors (Lipinski definition) is 1. The van der Waals surface area contributed by atoms with Gasteiger partial charge in [-0.1, -0.05) is 37.3 Å². The van der Waals surface area contributed by atoms with Gasteiger partial charge in [-0.3, -0.25) is 4.79 Å². The molecule has 0 saturated carbocycles. The maximum Gasteiger partial charge on any atom is 0.336 e. The minimum absolute atomic E-state index is 0.0942. The van der Waals surface area contributed by atoms with Crippen molar-refractivity contribution in [2.45, 2.75) is 19.8 Å². The summed E-state index contributed by atoms with van der Waals surface area (Å²) in [6.45, 7) is 4.35. The smallest absolute Gasteiger partial charge is 0.336 e. The summed E-state index contributed by atoms with van der Waals surface area (Å²) in [6.07, 6.45) is 0. The second-order valence-corrected chi connectivity index (χ2v) is 6.31. The standard InChI is InChI=1S/C21H21NO4/c1-14-10-21(24)26-19-11-17(8-9-18(14)19)25-13-20(23)22-12-15(2)16-6-4-3-5-7-16/h3-11,15H,12-13H2,1-2H3,(H,22,23). The molecule has 0 radical (unpaired) electrons. The second kappa shape index (κ2) is 7.87. The monoisotopic (exact) mass is 351 g/mol. The van der Waals surface area contributed by atoms with Crippen LogP contribution < -0.4 is 15.7 Å². The molecule has 0 aliphatic carbocycles. The Labute approximate surface area is 151 Å². The molecule has 26 heavy (non-hydrogen) atoms. The lowest BCUT2D eigenvalue weighted by molar-refractivity contribution is -0.123. The largest absolute Gasteiger partial charge is 0.484 e. The molecule has 1 atom stereocenters. The van der Waals surface area contributed by atoms with Crippen LogP contribution in [0.2, 0.25) is 0 Å². The van der Waals surface area contributed by atoms with Crippen molar-refractivity contribution >= 4 is 16.9 Å². The molecule has 0 saturated heterocycles. The number of aryl methyl sites for hydroxylation is 1. The number of carbonyl (C=O) groups excluding carboxylic acids is 1. The van der Waals surface area contributed by atoms with Gasteiger partial charge in [0, 0.05) is 24.1 Å². The molecule has 3 aromatic rings. The van der Waals surface area contributed by atoms with Crippen LogP contribution in [0.5, 0.6) is 5.75 Å². The van der Waals surface area contributed by atoms with E-state index in [1.54, 1.807) is 12.1 Å². The van der Waals surface area contributed by atoms with Crippen LogP contribution in [0.1, 0.15) is 24.0 Å². The lowest BCUT2D eigenvalue weighted by Crippen LogP contribution is -2.31. The molecule has 1 unspecified atom stereocenters. The van der Waals surface area contributed by atoms with Crippen molar-refractivity contribution in [1.29, 1.82) is 0 Å². The van der Waals surface area contributed by atoms with Gasteiger partial charge in [-0.25, -0.2) is 4.79 Å². The van der Waals surface area contributed by atoms with Gasteiger partial charge >= 0.3 is 5.63 Å². The Kier molecular flexibility index (Phi) is 5.37. The molecule has 5 heteroatoms. The zero-order valence-corrected chi connectivity index (χ0v) is 14.8. The lowest BCUT2D eigenvalue weighted by Gasteiger charge is -2.13. The number of carbonyl (C=O) groups is 1. The number of rotatable bonds is 6. The summed E-state index contributed by atoms with van der Waals surface area (Å²) >= 11 is 0. The Hall–Kier alpha value is -3.08. The van der Waals surface area contributed by atoms with E-state index in [1.807, 2.05) is 43.3 Å². The van der Waals surface area contributed by atoms with Crippen LogP contribution in [0, 0.1) is 6.92 Å². The second-order valence-electron chi connectivity index (χ2n) is 6.31. The molecule has 3 rings (SSSR count). The maximum atomic E-state index is 12.0. The normalized spacial score (nSPS) is 11.9. The van der Waals surface area contributed by atoms with Crippen LogP contribution in [0.25, 0.3) is 11.0 Å². The van der Waals surface area contributed by atoms with Crippen LogP contribution >= 0.6 is 0 Å². The van der Waals surface area contributed by atoms with Gasteiger partial charge in [0.15, 0.2) is 6.61 Å². The molecule has 134 valence electrons. The van der Waals surface area contributed by atoms with Gasteiger partial charge in [-0.15, -0.1) is 0 Å². The Morgan fingerprint density at radius 2 is 1.92 bits per heavy atom. The van der Waals surface area contributed by atoms with E-state index in [4.69, 9.17) is 9.15 Å². The predicted molar refractivity (Wildman–Crippen MR) is 101 cm³/mol. The minimum atomic E-state index is -0.403. The summed E-state index contributed by atoms with van der Waals surface area (Å²) in [7, 11) is 0.